The number of fused-ring (bicyclic) bond motifs is 2. The van der Waals surface area contributed by atoms with Crippen LogP contribution in [0.1, 0.15) is 32.6 Å². The van der Waals surface area contributed by atoms with Crippen molar-refractivity contribution in [1.82, 2.24) is 9.80 Å². The van der Waals surface area contributed by atoms with Crippen LogP contribution in [0.25, 0.3) is 0 Å². The Bertz CT molecular complexity index is 311. The van der Waals surface area contributed by atoms with Crippen LogP contribution < -0.4 is 5.73 Å². The molecule has 4 heteroatoms. The van der Waals surface area contributed by atoms with E-state index in [0.29, 0.717) is 0 Å². The number of nitrogens with zero attached hydrogens (tertiary/aromatic N) is 3. The molecular weight excluding hydrogens is 200 g/mol. The Labute approximate surface area is 97.5 Å². The molecule has 2 N–H and O–H groups in total. The second-order valence-corrected chi connectivity index (χ2v) is 5.60. The van der Waals surface area contributed by atoms with E-state index in [9.17, 15) is 0 Å². The van der Waals surface area contributed by atoms with Crippen LogP contribution in [0.2, 0.25) is 0 Å². The molecule has 0 aromatic rings. The molecule has 0 radical (unpaired) electrons. The van der Waals surface area contributed by atoms with Crippen LogP contribution in [0.5, 0.6) is 0 Å². The Hall–Kier alpha value is -0.770. The molecule has 3 heterocycles. The van der Waals surface area contributed by atoms with Gasteiger partial charge in [-0.15, -0.1) is 0 Å². The van der Waals surface area contributed by atoms with Crippen LogP contribution in [0.4, 0.5) is 0 Å². The van der Waals surface area contributed by atoms with Gasteiger partial charge in [-0.2, -0.15) is 0 Å². The van der Waals surface area contributed by atoms with Crippen molar-refractivity contribution >= 4 is 5.96 Å². The molecule has 0 aliphatic carbocycles. The summed E-state index contributed by atoms with van der Waals surface area (Å²) in [5, 5.41) is 0. The minimum atomic E-state index is 0.261. The summed E-state index contributed by atoms with van der Waals surface area (Å²) in [6, 6.07) is 1.52. The van der Waals surface area contributed by atoms with E-state index in [-0.39, 0.29) is 5.54 Å². The average molecular weight is 222 g/mol. The molecular formula is C12H22N4. The van der Waals surface area contributed by atoms with Crippen molar-refractivity contribution in [3.63, 3.8) is 0 Å². The highest BCUT2D eigenvalue weighted by Crippen LogP contribution is 2.44. The van der Waals surface area contributed by atoms with Gasteiger partial charge in [0.1, 0.15) is 0 Å². The molecule has 4 nitrogen and oxygen atoms in total. The van der Waals surface area contributed by atoms with Gasteiger partial charge in [-0.3, -0.25) is 4.99 Å². The zero-order chi connectivity index (χ0) is 11.3. The first-order valence-electron chi connectivity index (χ1n) is 6.46. The molecule has 16 heavy (non-hydrogen) atoms. The first-order chi connectivity index (χ1) is 7.66. The quantitative estimate of drug-likeness (QED) is 0.708. The standard InChI is InChI=1S/C12H22N4/c1-3-16-11(13)14-8-12(16)6-9-4-5-10(7-12)15(9)2/h9-10H,3-8H2,1-2H3,(H2,13,14). The molecule has 0 amide bonds. The molecule has 0 aromatic heterocycles. The lowest BCUT2D eigenvalue weighted by molar-refractivity contribution is 0.0523. The lowest BCUT2D eigenvalue weighted by Gasteiger charge is -2.48. The van der Waals surface area contributed by atoms with E-state index in [2.05, 4.69) is 28.8 Å². The van der Waals surface area contributed by atoms with E-state index in [1.165, 1.54) is 25.7 Å². The van der Waals surface area contributed by atoms with Gasteiger partial charge in [-0.1, -0.05) is 0 Å². The summed E-state index contributed by atoms with van der Waals surface area (Å²) < 4.78 is 0. The molecule has 1 spiro atoms. The molecule has 2 saturated heterocycles. The molecule has 2 atom stereocenters. The van der Waals surface area contributed by atoms with Crippen LogP contribution in [-0.4, -0.2) is 53.5 Å². The van der Waals surface area contributed by atoms with Crippen molar-refractivity contribution in [2.45, 2.75) is 50.2 Å². The summed E-state index contributed by atoms with van der Waals surface area (Å²) in [4.78, 5) is 9.42. The SMILES string of the molecule is CCN1C(N)=NCC12CC1CCC(C2)N1C. The summed E-state index contributed by atoms with van der Waals surface area (Å²) >= 11 is 0. The maximum Gasteiger partial charge on any atom is 0.191 e. The van der Waals surface area contributed by atoms with Crippen molar-refractivity contribution in [3.05, 3.63) is 0 Å². The molecule has 0 saturated carbocycles. The molecule has 0 aromatic carbocycles. The predicted octanol–water partition coefficient (Wildman–Crippen LogP) is 0.632. The third-order valence-corrected chi connectivity index (χ3v) is 4.92. The van der Waals surface area contributed by atoms with Gasteiger partial charge in [0.25, 0.3) is 0 Å². The second kappa shape index (κ2) is 3.36. The van der Waals surface area contributed by atoms with Gasteiger partial charge in [0.05, 0.1) is 12.1 Å². The minimum absolute atomic E-state index is 0.261. The molecule has 3 aliphatic rings. The van der Waals surface area contributed by atoms with E-state index in [0.717, 1.165) is 31.1 Å². The number of guanidine groups is 1. The van der Waals surface area contributed by atoms with Crippen LogP contribution in [0.15, 0.2) is 4.99 Å². The fourth-order valence-corrected chi connectivity index (χ4v) is 4.03. The predicted molar refractivity (Wildman–Crippen MR) is 65.4 cm³/mol. The molecule has 2 bridgehead atoms. The summed E-state index contributed by atoms with van der Waals surface area (Å²) in [6.45, 7) is 4.11. The highest BCUT2D eigenvalue weighted by molar-refractivity contribution is 5.81. The van der Waals surface area contributed by atoms with Gasteiger partial charge in [0.2, 0.25) is 0 Å². The molecule has 3 aliphatic heterocycles. The summed E-state index contributed by atoms with van der Waals surface area (Å²) in [5.74, 6) is 0.770. The number of likely N-dealkylation sites (N-methyl/N-ethyl adjacent to an activating group) is 1. The topological polar surface area (TPSA) is 44.9 Å². The lowest BCUT2D eigenvalue weighted by atomic mass is 9.82. The molecule has 2 unspecified atom stereocenters. The number of hydrogen-bond donors (Lipinski definition) is 1. The first-order valence-corrected chi connectivity index (χ1v) is 6.46. The van der Waals surface area contributed by atoms with Gasteiger partial charge in [-0.05, 0) is 39.7 Å². The number of aliphatic imine (C=N–C) groups is 1. The largest absolute Gasteiger partial charge is 0.370 e. The van der Waals surface area contributed by atoms with Crippen molar-refractivity contribution in [2.75, 3.05) is 20.1 Å². The van der Waals surface area contributed by atoms with Crippen LogP contribution >= 0.6 is 0 Å². The fraction of sp³-hybridized carbons (Fsp3) is 0.917. The van der Waals surface area contributed by atoms with E-state index < -0.39 is 0 Å². The van der Waals surface area contributed by atoms with Gasteiger partial charge in [0, 0.05) is 18.6 Å². The van der Waals surface area contributed by atoms with Crippen molar-refractivity contribution in [1.29, 1.82) is 0 Å². The van der Waals surface area contributed by atoms with Crippen molar-refractivity contribution < 1.29 is 0 Å². The van der Waals surface area contributed by atoms with E-state index in [4.69, 9.17) is 5.73 Å². The van der Waals surface area contributed by atoms with Gasteiger partial charge in [0.15, 0.2) is 5.96 Å². The Morgan fingerprint density at radius 1 is 1.38 bits per heavy atom. The molecule has 90 valence electrons. The zero-order valence-electron chi connectivity index (χ0n) is 10.3. The summed E-state index contributed by atoms with van der Waals surface area (Å²) in [6.07, 6.45) is 5.22. The second-order valence-electron chi connectivity index (χ2n) is 5.60. The van der Waals surface area contributed by atoms with Crippen molar-refractivity contribution in [3.8, 4) is 0 Å². The highest BCUT2D eigenvalue weighted by Gasteiger charge is 2.51. The average Bonchev–Trinajstić information content (AvgIpc) is 2.66. The Balaban J connectivity index is 1.86. The smallest absolute Gasteiger partial charge is 0.191 e. The summed E-state index contributed by atoms with van der Waals surface area (Å²) in [5.41, 5.74) is 6.26. The van der Waals surface area contributed by atoms with E-state index in [1.54, 1.807) is 0 Å². The van der Waals surface area contributed by atoms with E-state index in [1.807, 2.05) is 0 Å². The Morgan fingerprint density at radius 3 is 2.56 bits per heavy atom. The number of piperidine rings is 1. The van der Waals surface area contributed by atoms with Crippen LogP contribution in [-0.2, 0) is 0 Å². The Kier molecular flexibility index (Phi) is 2.18. The fourth-order valence-electron chi connectivity index (χ4n) is 4.03. The van der Waals surface area contributed by atoms with Gasteiger partial charge < -0.3 is 15.5 Å². The maximum atomic E-state index is 6.00. The van der Waals surface area contributed by atoms with Crippen molar-refractivity contribution in [2.24, 2.45) is 10.7 Å². The third kappa shape index (κ3) is 1.22. The summed E-state index contributed by atoms with van der Waals surface area (Å²) in [7, 11) is 2.28. The van der Waals surface area contributed by atoms with E-state index >= 15 is 0 Å². The normalized spacial score (nSPS) is 43.1. The maximum absolute atomic E-state index is 6.00. The van der Waals surface area contributed by atoms with Crippen LogP contribution in [0, 0.1) is 0 Å². The number of nitrogens with two attached hydrogens (primary N) is 1. The van der Waals surface area contributed by atoms with Gasteiger partial charge in [-0.25, -0.2) is 0 Å². The minimum Gasteiger partial charge on any atom is -0.370 e. The first kappa shape index (κ1) is 10.4. The number of hydrogen-bond acceptors (Lipinski definition) is 4. The zero-order valence-corrected chi connectivity index (χ0v) is 10.3. The molecule has 2 fully saturated rings. The lowest BCUT2D eigenvalue weighted by Crippen LogP contribution is -2.59. The third-order valence-electron chi connectivity index (χ3n) is 4.92. The monoisotopic (exact) mass is 222 g/mol. The Morgan fingerprint density at radius 2 is 2.00 bits per heavy atom. The number of rotatable bonds is 1. The molecule has 3 rings (SSSR count). The highest BCUT2D eigenvalue weighted by atomic mass is 15.4. The van der Waals surface area contributed by atoms with Gasteiger partial charge >= 0.3 is 0 Å². The van der Waals surface area contributed by atoms with Crippen LogP contribution in [0.3, 0.4) is 0 Å².